The highest BCUT2D eigenvalue weighted by molar-refractivity contribution is 9.10. The minimum atomic E-state index is 0.684. The zero-order valence-electron chi connectivity index (χ0n) is 9.79. The van der Waals surface area contributed by atoms with Crippen LogP contribution in [-0.4, -0.2) is 27.3 Å². The normalized spacial score (nSPS) is 17.9. The van der Waals surface area contributed by atoms with Crippen LogP contribution in [0.15, 0.2) is 4.47 Å². The summed E-state index contributed by atoms with van der Waals surface area (Å²) in [4.78, 5) is 0. The summed E-state index contributed by atoms with van der Waals surface area (Å²) in [6.45, 7) is 2.94. The summed E-state index contributed by atoms with van der Waals surface area (Å²) in [5.74, 6) is 2.59. The van der Waals surface area contributed by atoms with E-state index in [0.29, 0.717) is 6.04 Å². The van der Waals surface area contributed by atoms with E-state index in [1.807, 2.05) is 18.7 Å². The Labute approximate surface area is 109 Å². The van der Waals surface area contributed by atoms with Gasteiger partial charge in [-0.1, -0.05) is 0 Å². The SMILES string of the molecule is Cc1nn(C)c(CNC2CCSCC2)c1Br. The van der Waals surface area contributed by atoms with E-state index in [0.717, 1.165) is 16.7 Å². The van der Waals surface area contributed by atoms with E-state index >= 15 is 0 Å². The van der Waals surface area contributed by atoms with Crippen LogP contribution < -0.4 is 5.32 Å². The number of thioether (sulfide) groups is 1. The highest BCUT2D eigenvalue weighted by Crippen LogP contribution is 2.21. The summed E-state index contributed by atoms with van der Waals surface area (Å²) < 4.78 is 3.11. The maximum Gasteiger partial charge on any atom is 0.0739 e. The maximum atomic E-state index is 4.40. The zero-order valence-corrected chi connectivity index (χ0v) is 12.2. The zero-order chi connectivity index (χ0) is 11.5. The Bertz CT molecular complexity index is 358. The standard InChI is InChI=1S/C11H18BrN3S/c1-8-11(12)10(15(2)14-8)7-13-9-3-5-16-6-4-9/h9,13H,3-7H2,1-2H3. The van der Waals surface area contributed by atoms with Crippen molar-refractivity contribution in [2.45, 2.75) is 32.4 Å². The molecule has 1 aromatic heterocycles. The molecule has 16 heavy (non-hydrogen) atoms. The number of hydrogen-bond acceptors (Lipinski definition) is 3. The summed E-state index contributed by atoms with van der Waals surface area (Å²) in [5, 5.41) is 8.03. The van der Waals surface area contributed by atoms with Gasteiger partial charge < -0.3 is 5.32 Å². The first-order valence-corrected chi connectivity index (χ1v) is 7.62. The lowest BCUT2D eigenvalue weighted by atomic mass is 10.1. The third-order valence-electron chi connectivity index (χ3n) is 3.04. The molecule has 1 aliphatic heterocycles. The Kier molecular flexibility index (Phi) is 4.33. The van der Waals surface area contributed by atoms with Crippen molar-refractivity contribution in [1.29, 1.82) is 0 Å². The van der Waals surface area contributed by atoms with Crippen molar-refractivity contribution < 1.29 is 0 Å². The van der Waals surface area contributed by atoms with Gasteiger partial charge in [0, 0.05) is 19.6 Å². The number of halogens is 1. The molecule has 0 radical (unpaired) electrons. The van der Waals surface area contributed by atoms with Crippen LogP contribution in [0.4, 0.5) is 0 Å². The van der Waals surface area contributed by atoms with Gasteiger partial charge in [-0.3, -0.25) is 4.68 Å². The van der Waals surface area contributed by atoms with E-state index < -0.39 is 0 Å². The largest absolute Gasteiger partial charge is 0.308 e. The molecule has 1 N–H and O–H groups in total. The molecule has 1 fully saturated rings. The summed E-state index contributed by atoms with van der Waals surface area (Å²) in [7, 11) is 2.01. The number of rotatable bonds is 3. The van der Waals surface area contributed by atoms with Gasteiger partial charge in [0.15, 0.2) is 0 Å². The van der Waals surface area contributed by atoms with Gasteiger partial charge in [-0.15, -0.1) is 0 Å². The van der Waals surface area contributed by atoms with E-state index in [2.05, 4.69) is 38.1 Å². The molecule has 0 aliphatic carbocycles. The highest BCUT2D eigenvalue weighted by atomic mass is 79.9. The molecule has 90 valence electrons. The molecular weight excluding hydrogens is 286 g/mol. The van der Waals surface area contributed by atoms with Gasteiger partial charge in [-0.05, 0) is 47.2 Å². The predicted molar refractivity (Wildman–Crippen MR) is 72.8 cm³/mol. The number of hydrogen-bond donors (Lipinski definition) is 1. The van der Waals surface area contributed by atoms with E-state index in [1.54, 1.807) is 0 Å². The van der Waals surface area contributed by atoms with Crippen molar-refractivity contribution in [2.75, 3.05) is 11.5 Å². The lowest BCUT2D eigenvalue weighted by molar-refractivity contribution is 0.470. The van der Waals surface area contributed by atoms with Crippen LogP contribution in [0.5, 0.6) is 0 Å². The smallest absolute Gasteiger partial charge is 0.0739 e. The van der Waals surface area contributed by atoms with Crippen LogP contribution >= 0.6 is 27.7 Å². The Balaban J connectivity index is 1.93. The third-order valence-corrected chi connectivity index (χ3v) is 5.12. The number of aryl methyl sites for hydroxylation is 2. The van der Waals surface area contributed by atoms with Gasteiger partial charge in [0.25, 0.3) is 0 Å². The van der Waals surface area contributed by atoms with Gasteiger partial charge in [0.1, 0.15) is 0 Å². The first kappa shape index (κ1) is 12.5. The van der Waals surface area contributed by atoms with E-state index in [-0.39, 0.29) is 0 Å². The molecule has 0 spiro atoms. The van der Waals surface area contributed by atoms with E-state index in [9.17, 15) is 0 Å². The van der Waals surface area contributed by atoms with Crippen molar-refractivity contribution in [1.82, 2.24) is 15.1 Å². The molecule has 1 aromatic rings. The Morgan fingerprint density at radius 2 is 2.19 bits per heavy atom. The second kappa shape index (κ2) is 5.56. The molecule has 0 saturated carbocycles. The van der Waals surface area contributed by atoms with Crippen LogP contribution in [0.2, 0.25) is 0 Å². The monoisotopic (exact) mass is 303 g/mol. The van der Waals surface area contributed by atoms with Crippen LogP contribution in [0.25, 0.3) is 0 Å². The van der Waals surface area contributed by atoms with Gasteiger partial charge in [-0.25, -0.2) is 0 Å². The average Bonchev–Trinajstić information content (AvgIpc) is 2.53. The van der Waals surface area contributed by atoms with Crippen molar-refractivity contribution in [3.8, 4) is 0 Å². The van der Waals surface area contributed by atoms with Crippen molar-refractivity contribution in [3.63, 3.8) is 0 Å². The molecule has 0 bridgehead atoms. The van der Waals surface area contributed by atoms with E-state index in [1.165, 1.54) is 30.0 Å². The molecule has 2 rings (SSSR count). The Morgan fingerprint density at radius 3 is 2.75 bits per heavy atom. The molecule has 0 aromatic carbocycles. The predicted octanol–water partition coefficient (Wildman–Crippen LogP) is 2.48. The highest BCUT2D eigenvalue weighted by Gasteiger charge is 2.15. The fraction of sp³-hybridized carbons (Fsp3) is 0.727. The Morgan fingerprint density at radius 1 is 1.50 bits per heavy atom. The number of nitrogens with one attached hydrogen (secondary N) is 1. The summed E-state index contributed by atoms with van der Waals surface area (Å²) in [5.41, 5.74) is 2.31. The van der Waals surface area contributed by atoms with Gasteiger partial charge >= 0.3 is 0 Å². The molecule has 1 saturated heterocycles. The molecule has 5 heteroatoms. The molecular formula is C11H18BrN3S. The van der Waals surface area contributed by atoms with Gasteiger partial charge in [0.2, 0.25) is 0 Å². The summed E-state index contributed by atoms with van der Waals surface area (Å²) in [6, 6.07) is 0.684. The van der Waals surface area contributed by atoms with Crippen molar-refractivity contribution in [2.24, 2.45) is 7.05 Å². The minimum Gasteiger partial charge on any atom is -0.308 e. The topological polar surface area (TPSA) is 29.9 Å². The fourth-order valence-corrected chi connectivity index (χ4v) is 3.60. The van der Waals surface area contributed by atoms with Crippen molar-refractivity contribution in [3.05, 3.63) is 15.9 Å². The van der Waals surface area contributed by atoms with Crippen LogP contribution in [0, 0.1) is 6.92 Å². The quantitative estimate of drug-likeness (QED) is 0.930. The van der Waals surface area contributed by atoms with Crippen LogP contribution in [-0.2, 0) is 13.6 Å². The second-order valence-electron chi connectivity index (χ2n) is 4.24. The Hall–Kier alpha value is -0.000000000000000111. The van der Waals surface area contributed by atoms with Gasteiger partial charge in [0.05, 0.1) is 15.9 Å². The molecule has 1 aliphatic rings. The molecule has 0 amide bonds. The fourth-order valence-electron chi connectivity index (χ4n) is 2.01. The molecule has 3 nitrogen and oxygen atoms in total. The number of aromatic nitrogens is 2. The van der Waals surface area contributed by atoms with Gasteiger partial charge in [-0.2, -0.15) is 16.9 Å². The lowest BCUT2D eigenvalue weighted by Crippen LogP contribution is -2.32. The average molecular weight is 304 g/mol. The molecule has 0 unspecified atom stereocenters. The lowest BCUT2D eigenvalue weighted by Gasteiger charge is -2.22. The number of nitrogens with zero attached hydrogens (tertiary/aromatic N) is 2. The third kappa shape index (κ3) is 2.81. The summed E-state index contributed by atoms with van der Waals surface area (Å²) >= 11 is 5.66. The van der Waals surface area contributed by atoms with Crippen molar-refractivity contribution >= 4 is 27.7 Å². The minimum absolute atomic E-state index is 0.684. The molecule has 0 atom stereocenters. The first-order chi connectivity index (χ1) is 7.68. The first-order valence-electron chi connectivity index (χ1n) is 5.67. The van der Waals surface area contributed by atoms with E-state index in [4.69, 9.17) is 0 Å². The molecule has 2 heterocycles. The van der Waals surface area contributed by atoms with Crippen LogP contribution in [0.1, 0.15) is 24.2 Å². The summed E-state index contributed by atoms with van der Waals surface area (Å²) in [6.07, 6.45) is 2.58. The van der Waals surface area contributed by atoms with Crippen LogP contribution in [0.3, 0.4) is 0 Å². The maximum absolute atomic E-state index is 4.40. The second-order valence-corrected chi connectivity index (χ2v) is 6.25.